The summed E-state index contributed by atoms with van der Waals surface area (Å²) in [6, 6.07) is 4.02. The molecule has 3 nitrogen and oxygen atoms in total. The van der Waals surface area contributed by atoms with Crippen molar-refractivity contribution in [3.05, 3.63) is 29.3 Å². The van der Waals surface area contributed by atoms with E-state index in [0.717, 1.165) is 35.4 Å². The van der Waals surface area contributed by atoms with Gasteiger partial charge in [-0.3, -0.25) is 4.79 Å². The van der Waals surface area contributed by atoms with E-state index in [2.05, 4.69) is 31.3 Å². The van der Waals surface area contributed by atoms with Crippen LogP contribution >= 0.6 is 0 Å². The van der Waals surface area contributed by atoms with Crippen LogP contribution in [0.5, 0.6) is 5.75 Å². The van der Waals surface area contributed by atoms with Crippen LogP contribution in [0.1, 0.15) is 58.6 Å². The van der Waals surface area contributed by atoms with Crippen molar-refractivity contribution in [2.45, 2.75) is 60.0 Å². The van der Waals surface area contributed by atoms with Crippen molar-refractivity contribution in [2.75, 3.05) is 5.32 Å². The van der Waals surface area contributed by atoms with Crippen LogP contribution in [0.4, 0.5) is 5.69 Å². The Balaban J connectivity index is 2.29. The minimum Gasteiger partial charge on any atom is -0.483 e. The van der Waals surface area contributed by atoms with Gasteiger partial charge >= 0.3 is 0 Å². The summed E-state index contributed by atoms with van der Waals surface area (Å²) in [6.07, 6.45) is 6.28. The third kappa shape index (κ3) is 3.52. The van der Waals surface area contributed by atoms with Crippen LogP contribution < -0.4 is 10.1 Å². The zero-order chi connectivity index (χ0) is 16.5. The molecule has 0 spiro atoms. The molecule has 0 fully saturated rings. The van der Waals surface area contributed by atoms with Gasteiger partial charge in [0.1, 0.15) is 11.4 Å². The van der Waals surface area contributed by atoms with E-state index in [1.54, 1.807) is 0 Å². The molecule has 3 heteroatoms. The maximum Gasteiger partial charge on any atom is 0.229 e. The lowest BCUT2D eigenvalue weighted by atomic mass is 9.93. The summed E-state index contributed by atoms with van der Waals surface area (Å²) in [4.78, 5) is 12.2. The number of hydrogen-bond donors (Lipinski definition) is 1. The fraction of sp³-hybridized carbons (Fsp3) is 0.526. The van der Waals surface area contributed by atoms with Crippen LogP contribution in [-0.4, -0.2) is 11.5 Å². The van der Waals surface area contributed by atoms with Crippen LogP contribution in [-0.2, 0) is 4.79 Å². The van der Waals surface area contributed by atoms with E-state index in [1.807, 2.05) is 39.8 Å². The van der Waals surface area contributed by atoms with Crippen LogP contribution in [0.3, 0.4) is 0 Å². The molecular weight excluding hydrogens is 274 g/mol. The minimum atomic E-state index is -0.408. The number of rotatable bonds is 3. The topological polar surface area (TPSA) is 38.3 Å². The molecule has 120 valence electrons. The van der Waals surface area contributed by atoms with E-state index in [0.29, 0.717) is 0 Å². The second-order valence-electron chi connectivity index (χ2n) is 7.41. The van der Waals surface area contributed by atoms with Gasteiger partial charge in [0.05, 0.1) is 0 Å². The first-order valence-electron chi connectivity index (χ1n) is 7.99. The second kappa shape index (κ2) is 5.79. The largest absolute Gasteiger partial charge is 0.483 e. The molecule has 1 aliphatic rings. The first-order valence-corrected chi connectivity index (χ1v) is 7.99. The number of hydrogen-bond acceptors (Lipinski definition) is 2. The molecule has 1 amide bonds. The number of fused-ring (bicyclic) bond motifs is 1. The van der Waals surface area contributed by atoms with Gasteiger partial charge in [0.15, 0.2) is 0 Å². The van der Waals surface area contributed by atoms with E-state index >= 15 is 0 Å². The molecule has 0 radical (unpaired) electrons. The zero-order valence-electron chi connectivity index (χ0n) is 14.5. The number of anilines is 1. The number of carbonyl (C=O) groups is 1. The Bertz CT molecular complexity index is 611. The number of carbonyl (C=O) groups excluding carboxylic acids is 1. The molecule has 1 heterocycles. The average molecular weight is 301 g/mol. The maximum atomic E-state index is 12.2. The quantitative estimate of drug-likeness (QED) is 0.858. The Morgan fingerprint density at radius 2 is 2.00 bits per heavy atom. The first kappa shape index (κ1) is 16.6. The molecule has 1 unspecified atom stereocenters. The van der Waals surface area contributed by atoms with Crippen molar-refractivity contribution >= 4 is 17.7 Å². The van der Waals surface area contributed by atoms with Crippen LogP contribution in [0, 0.1) is 12.3 Å². The predicted molar refractivity (Wildman–Crippen MR) is 92.2 cm³/mol. The molecule has 0 aliphatic carbocycles. The van der Waals surface area contributed by atoms with Gasteiger partial charge in [0.25, 0.3) is 0 Å². The highest BCUT2D eigenvalue weighted by Crippen LogP contribution is 2.36. The summed E-state index contributed by atoms with van der Waals surface area (Å²) in [6.45, 7) is 12.0. The Morgan fingerprint density at radius 1 is 1.32 bits per heavy atom. The molecule has 0 aromatic heterocycles. The lowest BCUT2D eigenvalue weighted by Gasteiger charge is -2.32. The molecule has 22 heavy (non-hydrogen) atoms. The summed E-state index contributed by atoms with van der Waals surface area (Å²) in [5, 5.41) is 3.02. The van der Waals surface area contributed by atoms with Crippen LogP contribution in [0.15, 0.2) is 18.2 Å². The number of aryl methyl sites for hydroxylation is 1. The maximum absolute atomic E-state index is 12.2. The van der Waals surface area contributed by atoms with Gasteiger partial charge in [-0.1, -0.05) is 40.2 Å². The van der Waals surface area contributed by atoms with Gasteiger partial charge < -0.3 is 10.1 Å². The SMILES string of the molecule is CCCC1(C)C=Cc2cc(NC(=O)C(C)(C)C)c(C)cc2O1. The lowest BCUT2D eigenvalue weighted by Crippen LogP contribution is -2.32. The van der Waals surface area contributed by atoms with Crippen molar-refractivity contribution in [1.29, 1.82) is 0 Å². The summed E-state index contributed by atoms with van der Waals surface area (Å²) in [7, 11) is 0. The van der Waals surface area contributed by atoms with E-state index in [4.69, 9.17) is 4.74 Å². The molecule has 1 aromatic rings. The van der Waals surface area contributed by atoms with Crippen molar-refractivity contribution in [2.24, 2.45) is 5.41 Å². The van der Waals surface area contributed by atoms with E-state index < -0.39 is 5.41 Å². The highest BCUT2D eigenvalue weighted by atomic mass is 16.5. The van der Waals surface area contributed by atoms with E-state index in [-0.39, 0.29) is 11.5 Å². The van der Waals surface area contributed by atoms with Gasteiger partial charge in [-0.15, -0.1) is 0 Å². The monoisotopic (exact) mass is 301 g/mol. The minimum absolute atomic E-state index is 0.0204. The molecule has 0 saturated heterocycles. The molecule has 1 aromatic carbocycles. The van der Waals surface area contributed by atoms with Crippen molar-refractivity contribution in [1.82, 2.24) is 0 Å². The lowest BCUT2D eigenvalue weighted by molar-refractivity contribution is -0.123. The fourth-order valence-corrected chi connectivity index (χ4v) is 2.54. The molecule has 1 N–H and O–H groups in total. The molecule has 0 bridgehead atoms. The highest BCUT2D eigenvalue weighted by molar-refractivity contribution is 5.95. The molecule has 1 atom stereocenters. The van der Waals surface area contributed by atoms with Crippen molar-refractivity contribution in [3.63, 3.8) is 0 Å². The summed E-state index contributed by atoms with van der Waals surface area (Å²) < 4.78 is 6.17. The standard InChI is InChI=1S/C19H27NO2/c1-7-9-19(6)10-8-14-12-15(13(2)11-16(14)22-19)20-17(21)18(3,4)5/h8,10-12H,7,9H2,1-6H3,(H,20,21). The molecular formula is C19H27NO2. The van der Waals surface area contributed by atoms with Gasteiger partial charge in [-0.25, -0.2) is 0 Å². The molecule has 0 saturated carbocycles. The zero-order valence-corrected chi connectivity index (χ0v) is 14.5. The summed E-state index contributed by atoms with van der Waals surface area (Å²) in [5.74, 6) is 0.914. The molecule has 2 rings (SSSR count). The highest BCUT2D eigenvalue weighted by Gasteiger charge is 2.27. The Hall–Kier alpha value is -1.77. The average Bonchev–Trinajstić information content (AvgIpc) is 2.39. The van der Waals surface area contributed by atoms with Crippen LogP contribution in [0.2, 0.25) is 0 Å². The van der Waals surface area contributed by atoms with Crippen molar-refractivity contribution in [3.8, 4) is 5.75 Å². The number of benzene rings is 1. The number of nitrogens with one attached hydrogen (secondary N) is 1. The number of ether oxygens (including phenoxy) is 1. The third-order valence-corrected chi connectivity index (χ3v) is 3.99. The normalized spacial score (nSPS) is 20.3. The predicted octanol–water partition coefficient (Wildman–Crippen LogP) is 4.94. The van der Waals surface area contributed by atoms with Gasteiger partial charge in [-0.05, 0) is 44.0 Å². The van der Waals surface area contributed by atoms with Gasteiger partial charge in [0.2, 0.25) is 5.91 Å². The Morgan fingerprint density at radius 3 is 2.59 bits per heavy atom. The molecule has 1 aliphatic heterocycles. The fourth-order valence-electron chi connectivity index (χ4n) is 2.54. The first-order chi connectivity index (χ1) is 10.1. The van der Waals surface area contributed by atoms with E-state index in [1.165, 1.54) is 0 Å². The van der Waals surface area contributed by atoms with Crippen molar-refractivity contribution < 1.29 is 9.53 Å². The smallest absolute Gasteiger partial charge is 0.229 e. The Kier molecular flexibility index (Phi) is 4.37. The number of amides is 1. The third-order valence-electron chi connectivity index (χ3n) is 3.99. The second-order valence-corrected chi connectivity index (χ2v) is 7.41. The Labute approximate surface area is 133 Å². The van der Waals surface area contributed by atoms with Gasteiger partial charge in [-0.2, -0.15) is 0 Å². The van der Waals surface area contributed by atoms with Gasteiger partial charge in [0, 0.05) is 16.7 Å². The van der Waals surface area contributed by atoms with Crippen LogP contribution in [0.25, 0.3) is 6.08 Å². The summed E-state index contributed by atoms with van der Waals surface area (Å²) in [5.41, 5.74) is 2.25. The van der Waals surface area contributed by atoms with E-state index in [9.17, 15) is 4.79 Å². The summed E-state index contributed by atoms with van der Waals surface area (Å²) >= 11 is 0.